The van der Waals surface area contributed by atoms with Crippen LogP contribution in [0.2, 0.25) is 0 Å². The van der Waals surface area contributed by atoms with E-state index in [2.05, 4.69) is 27.3 Å². The van der Waals surface area contributed by atoms with E-state index < -0.39 is 0 Å². The van der Waals surface area contributed by atoms with Crippen molar-refractivity contribution in [3.63, 3.8) is 0 Å². The summed E-state index contributed by atoms with van der Waals surface area (Å²) in [7, 11) is 5.94. The van der Waals surface area contributed by atoms with E-state index in [0.29, 0.717) is 23.4 Å². The molecule has 8 heteroatoms. The number of Topliss-reactive ketones (excluding diaryl/α,β-unsaturated/α-hetero) is 1. The molecule has 0 aliphatic heterocycles. The maximum absolute atomic E-state index is 12.8. The van der Waals surface area contributed by atoms with Crippen molar-refractivity contribution in [1.82, 2.24) is 24.1 Å². The summed E-state index contributed by atoms with van der Waals surface area (Å²) in [4.78, 5) is 24.2. The molecule has 8 nitrogen and oxygen atoms in total. The lowest BCUT2D eigenvalue weighted by Crippen LogP contribution is -2.08. The van der Waals surface area contributed by atoms with Crippen LogP contribution >= 0.6 is 0 Å². The van der Waals surface area contributed by atoms with Gasteiger partial charge in [0.05, 0.1) is 11.9 Å². The summed E-state index contributed by atoms with van der Waals surface area (Å²) in [6.07, 6.45) is 7.84. The molecule has 198 valence electrons. The van der Waals surface area contributed by atoms with Gasteiger partial charge in [0.2, 0.25) is 0 Å². The van der Waals surface area contributed by atoms with Crippen LogP contribution in [0.1, 0.15) is 15.9 Å². The Morgan fingerprint density at radius 3 is 2.60 bits per heavy atom. The Balaban J connectivity index is 1.34. The van der Waals surface area contributed by atoms with Gasteiger partial charge in [-0.3, -0.25) is 13.9 Å². The topological polar surface area (TPSA) is 80.4 Å². The third-order valence-corrected chi connectivity index (χ3v) is 6.82. The highest BCUT2D eigenvalue weighted by Gasteiger charge is 2.18. The second-order valence-corrected chi connectivity index (χ2v) is 9.91. The van der Waals surface area contributed by atoms with Crippen molar-refractivity contribution in [3.8, 4) is 22.5 Å². The average molecular weight is 528 g/mol. The smallest absolute Gasteiger partial charge is 0.180 e. The van der Waals surface area contributed by atoms with Crippen molar-refractivity contribution in [1.29, 1.82) is 0 Å². The van der Waals surface area contributed by atoms with E-state index >= 15 is 0 Å². The van der Waals surface area contributed by atoms with E-state index in [1.807, 2.05) is 111 Å². The van der Waals surface area contributed by atoms with Gasteiger partial charge in [-0.25, -0.2) is 9.97 Å². The Bertz CT molecular complexity index is 1820. The van der Waals surface area contributed by atoms with Crippen LogP contribution in [0.3, 0.4) is 0 Å². The molecule has 3 aromatic carbocycles. The third kappa shape index (κ3) is 4.94. The van der Waals surface area contributed by atoms with Crippen LogP contribution in [0, 0.1) is 0 Å². The maximum Gasteiger partial charge on any atom is 0.180 e. The van der Waals surface area contributed by atoms with Crippen LogP contribution in [0.5, 0.6) is 0 Å². The Morgan fingerprint density at radius 1 is 0.950 bits per heavy atom. The van der Waals surface area contributed by atoms with Crippen LogP contribution in [0.4, 0.5) is 17.2 Å². The van der Waals surface area contributed by atoms with E-state index in [0.717, 1.165) is 39.5 Å². The number of ketones is 1. The van der Waals surface area contributed by atoms with Gasteiger partial charge < -0.3 is 10.2 Å². The van der Waals surface area contributed by atoms with Crippen molar-refractivity contribution in [2.45, 2.75) is 6.42 Å². The molecule has 0 amide bonds. The third-order valence-electron chi connectivity index (χ3n) is 6.82. The number of hydrogen-bond acceptors (Lipinski definition) is 6. The lowest BCUT2D eigenvalue weighted by atomic mass is 9.99. The van der Waals surface area contributed by atoms with Crippen molar-refractivity contribution < 1.29 is 4.79 Å². The van der Waals surface area contributed by atoms with Crippen molar-refractivity contribution in [2.75, 3.05) is 24.3 Å². The molecule has 0 saturated carbocycles. The quantitative estimate of drug-likeness (QED) is 0.243. The molecule has 0 fully saturated rings. The van der Waals surface area contributed by atoms with E-state index in [9.17, 15) is 4.79 Å². The van der Waals surface area contributed by atoms with Gasteiger partial charge >= 0.3 is 0 Å². The number of rotatable bonds is 8. The zero-order chi connectivity index (χ0) is 27.6. The first kappa shape index (κ1) is 25.1. The van der Waals surface area contributed by atoms with E-state index in [1.54, 1.807) is 10.9 Å². The van der Waals surface area contributed by atoms with Gasteiger partial charge in [-0.05, 0) is 29.8 Å². The summed E-state index contributed by atoms with van der Waals surface area (Å²) in [5, 5.41) is 8.22. The Kier molecular flexibility index (Phi) is 6.57. The van der Waals surface area contributed by atoms with E-state index in [4.69, 9.17) is 10.1 Å². The number of imidazole rings is 1. The molecule has 6 rings (SSSR count). The lowest BCUT2D eigenvalue weighted by molar-refractivity contribution is 0.0993. The van der Waals surface area contributed by atoms with Crippen LogP contribution in [0.15, 0.2) is 104 Å². The number of carbonyl (C=O) groups excluding carboxylic acids is 1. The monoisotopic (exact) mass is 527 g/mol. The Labute approximate surface area is 232 Å². The van der Waals surface area contributed by atoms with Gasteiger partial charge in [-0.2, -0.15) is 5.10 Å². The minimum atomic E-state index is 0.0874. The number of anilines is 3. The SMILES string of the molecule is CN(C)c1cccc(Nc2nccn3c(-c4cn(C)nc4-c4cccc(CC(=O)c5ccccc5)c4)cnc23)c1. The molecule has 0 atom stereocenters. The molecule has 3 heterocycles. The first-order chi connectivity index (χ1) is 19.5. The van der Waals surface area contributed by atoms with Gasteiger partial charge in [-0.1, -0.05) is 54.6 Å². The van der Waals surface area contributed by atoms with Gasteiger partial charge in [-0.15, -0.1) is 0 Å². The zero-order valence-electron chi connectivity index (χ0n) is 22.6. The summed E-state index contributed by atoms with van der Waals surface area (Å²) in [6.45, 7) is 0. The summed E-state index contributed by atoms with van der Waals surface area (Å²) in [5.74, 6) is 0.751. The predicted molar refractivity (Wildman–Crippen MR) is 159 cm³/mol. The molecule has 0 bridgehead atoms. The number of aromatic nitrogens is 5. The number of nitrogens with one attached hydrogen (secondary N) is 1. The maximum atomic E-state index is 12.8. The average Bonchev–Trinajstić information content (AvgIpc) is 3.58. The van der Waals surface area contributed by atoms with E-state index in [1.165, 1.54) is 0 Å². The fraction of sp³-hybridized carbons (Fsp3) is 0.125. The Hall–Kier alpha value is -5.24. The normalized spacial score (nSPS) is 11.1. The first-order valence-electron chi connectivity index (χ1n) is 13.0. The molecule has 0 radical (unpaired) electrons. The molecular formula is C32H29N7O. The zero-order valence-corrected chi connectivity index (χ0v) is 22.6. The Morgan fingerprint density at radius 2 is 1.77 bits per heavy atom. The standard InChI is InChI=1S/C32H29N7O/c1-37(2)26-14-8-13-25(19-26)35-31-32-34-20-28(39(32)16-15-33-31)27-21-38(3)36-30(27)24-12-7-9-22(17-24)18-29(40)23-10-5-4-6-11-23/h4-17,19-21H,18H2,1-3H3,(H,33,35). The van der Waals surface area contributed by atoms with Crippen molar-refractivity contribution in [3.05, 3.63) is 115 Å². The number of benzene rings is 3. The van der Waals surface area contributed by atoms with Crippen LogP contribution in [-0.2, 0) is 13.5 Å². The summed E-state index contributed by atoms with van der Waals surface area (Å²) < 4.78 is 3.83. The lowest BCUT2D eigenvalue weighted by Gasteiger charge is -2.14. The fourth-order valence-electron chi connectivity index (χ4n) is 4.83. The molecule has 40 heavy (non-hydrogen) atoms. The molecule has 0 aliphatic rings. The highest BCUT2D eigenvalue weighted by molar-refractivity contribution is 5.97. The van der Waals surface area contributed by atoms with Gasteiger partial charge in [0, 0.05) is 74.2 Å². The molecule has 0 unspecified atom stereocenters. The number of fused-ring (bicyclic) bond motifs is 1. The minimum absolute atomic E-state index is 0.0874. The number of nitrogens with zero attached hydrogens (tertiary/aromatic N) is 6. The molecule has 0 aliphatic carbocycles. The number of carbonyl (C=O) groups is 1. The van der Waals surface area contributed by atoms with Crippen molar-refractivity contribution >= 4 is 28.6 Å². The minimum Gasteiger partial charge on any atom is -0.378 e. The van der Waals surface area contributed by atoms with Crippen LogP contribution < -0.4 is 10.2 Å². The highest BCUT2D eigenvalue weighted by atomic mass is 16.1. The van der Waals surface area contributed by atoms with Crippen LogP contribution in [0.25, 0.3) is 28.2 Å². The molecule has 3 aromatic heterocycles. The van der Waals surface area contributed by atoms with E-state index in [-0.39, 0.29) is 5.78 Å². The summed E-state index contributed by atoms with van der Waals surface area (Å²) >= 11 is 0. The largest absolute Gasteiger partial charge is 0.378 e. The van der Waals surface area contributed by atoms with Gasteiger partial charge in [0.1, 0.15) is 5.69 Å². The fourth-order valence-corrected chi connectivity index (χ4v) is 4.83. The van der Waals surface area contributed by atoms with Gasteiger partial charge in [0.25, 0.3) is 0 Å². The van der Waals surface area contributed by atoms with Gasteiger partial charge in [0.15, 0.2) is 17.2 Å². The number of hydrogen-bond donors (Lipinski definition) is 1. The predicted octanol–water partition coefficient (Wildman–Crippen LogP) is 6.03. The molecule has 0 saturated heterocycles. The molecular weight excluding hydrogens is 498 g/mol. The second-order valence-electron chi connectivity index (χ2n) is 9.91. The molecule has 6 aromatic rings. The number of aryl methyl sites for hydroxylation is 1. The first-order valence-corrected chi connectivity index (χ1v) is 13.0. The molecule has 1 N–H and O–H groups in total. The van der Waals surface area contributed by atoms with Crippen LogP contribution in [-0.4, -0.2) is 44.0 Å². The highest BCUT2D eigenvalue weighted by Crippen LogP contribution is 2.33. The van der Waals surface area contributed by atoms with Crippen molar-refractivity contribution in [2.24, 2.45) is 7.05 Å². The second kappa shape index (κ2) is 10.5. The summed E-state index contributed by atoms with van der Waals surface area (Å²) in [6, 6.07) is 25.6. The molecule has 0 spiro atoms. The summed E-state index contributed by atoms with van der Waals surface area (Å²) in [5.41, 5.74) is 7.99.